The lowest BCUT2D eigenvalue weighted by Crippen LogP contribution is -2.50. The van der Waals surface area contributed by atoms with Crippen LogP contribution in [0.15, 0.2) is 42.6 Å². The number of piperidine rings is 1. The molecule has 1 atom stereocenters. The van der Waals surface area contributed by atoms with Crippen LogP contribution in [0.25, 0.3) is 0 Å². The van der Waals surface area contributed by atoms with E-state index in [0.717, 1.165) is 30.0 Å². The van der Waals surface area contributed by atoms with Gasteiger partial charge in [0.2, 0.25) is 0 Å². The predicted molar refractivity (Wildman–Crippen MR) is 120 cm³/mol. The molecule has 2 amide bonds. The van der Waals surface area contributed by atoms with E-state index in [1.165, 1.54) is 24.7 Å². The molecule has 1 aliphatic heterocycles. The van der Waals surface area contributed by atoms with Crippen LogP contribution < -0.4 is 21.4 Å². The van der Waals surface area contributed by atoms with Crippen LogP contribution >= 0.6 is 0 Å². The molecule has 1 aromatic heterocycles. The molecule has 8 heteroatoms. The number of hydrogen-bond donors (Lipinski definition) is 4. The summed E-state index contributed by atoms with van der Waals surface area (Å²) in [4.78, 5) is 30.4. The molecule has 1 fully saturated rings. The van der Waals surface area contributed by atoms with Crippen molar-refractivity contribution in [3.63, 3.8) is 0 Å². The van der Waals surface area contributed by atoms with Crippen molar-refractivity contribution in [1.29, 1.82) is 0 Å². The number of nitrogens with two attached hydrogens (primary N) is 1. The van der Waals surface area contributed by atoms with E-state index >= 15 is 0 Å². The molecule has 1 aliphatic rings. The van der Waals surface area contributed by atoms with Crippen molar-refractivity contribution < 1.29 is 14.8 Å². The molecular formula is C23H29N5O3. The second-order valence-electron chi connectivity index (χ2n) is 7.02. The van der Waals surface area contributed by atoms with Crippen molar-refractivity contribution in [1.82, 2.24) is 15.8 Å². The Hall–Kier alpha value is -3.41. The Bertz CT molecular complexity index is 926. The number of pyridine rings is 1. The second kappa shape index (κ2) is 11.7. The number of benzene rings is 1. The fraction of sp³-hybridized carbons (Fsp3) is 0.348. The normalized spacial score (nSPS) is 13.8. The van der Waals surface area contributed by atoms with Crippen LogP contribution in [0.3, 0.4) is 0 Å². The van der Waals surface area contributed by atoms with Crippen LogP contribution in [-0.4, -0.2) is 47.7 Å². The third-order valence-electron chi connectivity index (χ3n) is 4.89. The van der Waals surface area contributed by atoms with E-state index in [0.29, 0.717) is 5.56 Å². The van der Waals surface area contributed by atoms with Gasteiger partial charge in [-0.1, -0.05) is 19.3 Å². The Kier molecular flexibility index (Phi) is 9.00. The van der Waals surface area contributed by atoms with Gasteiger partial charge in [-0.2, -0.15) is 0 Å². The molecule has 0 radical (unpaired) electrons. The minimum atomic E-state index is -1.01. The Morgan fingerprint density at radius 2 is 1.71 bits per heavy atom. The standard InChI is InChI=1S/C22H25N5O3.CH4/c23-14-19(22(29)26-30)25-21(28)18-9-6-16(7-10-18)4-5-17-8-11-20(24-15-17)27-12-2-1-3-13-27;/h6-11,15,19,30H,1-3,12-14,23H2,(H,25,28)(H,26,29);1H4/t19-;/m0./s1. The minimum Gasteiger partial charge on any atom is -0.357 e. The molecular weight excluding hydrogens is 394 g/mol. The fourth-order valence-electron chi connectivity index (χ4n) is 3.17. The number of rotatable bonds is 5. The number of carbonyl (C=O) groups is 2. The molecule has 0 spiro atoms. The molecule has 164 valence electrons. The van der Waals surface area contributed by atoms with E-state index < -0.39 is 17.9 Å². The molecule has 5 N–H and O–H groups in total. The zero-order valence-electron chi connectivity index (χ0n) is 16.6. The van der Waals surface area contributed by atoms with E-state index in [4.69, 9.17) is 10.9 Å². The monoisotopic (exact) mass is 423 g/mol. The summed E-state index contributed by atoms with van der Waals surface area (Å²) in [6.45, 7) is 1.97. The van der Waals surface area contributed by atoms with Crippen LogP contribution in [0.4, 0.5) is 5.82 Å². The summed E-state index contributed by atoms with van der Waals surface area (Å²) in [6.07, 6.45) is 5.47. The van der Waals surface area contributed by atoms with Gasteiger partial charge in [-0.05, 0) is 55.7 Å². The fourth-order valence-corrected chi connectivity index (χ4v) is 3.17. The molecule has 31 heavy (non-hydrogen) atoms. The van der Waals surface area contributed by atoms with E-state index in [2.05, 4.69) is 27.0 Å². The number of amides is 2. The van der Waals surface area contributed by atoms with E-state index in [1.54, 1.807) is 30.5 Å². The van der Waals surface area contributed by atoms with Crippen LogP contribution in [0, 0.1) is 11.8 Å². The van der Waals surface area contributed by atoms with Crippen molar-refractivity contribution in [3.8, 4) is 11.8 Å². The lowest BCUT2D eigenvalue weighted by molar-refractivity contribution is -0.130. The number of hydrogen-bond acceptors (Lipinski definition) is 6. The number of nitrogens with one attached hydrogen (secondary N) is 2. The summed E-state index contributed by atoms with van der Waals surface area (Å²) in [5.74, 6) is 5.88. The molecule has 2 heterocycles. The summed E-state index contributed by atoms with van der Waals surface area (Å²) in [5, 5.41) is 11.1. The Morgan fingerprint density at radius 1 is 1.06 bits per heavy atom. The van der Waals surface area contributed by atoms with E-state index in [1.807, 2.05) is 12.1 Å². The Balaban J connectivity index is 0.00000341. The quantitative estimate of drug-likeness (QED) is 0.330. The van der Waals surface area contributed by atoms with Gasteiger partial charge in [0.05, 0.1) is 0 Å². The number of hydroxylamine groups is 1. The first kappa shape index (κ1) is 23.9. The first-order chi connectivity index (χ1) is 14.6. The lowest BCUT2D eigenvalue weighted by Gasteiger charge is -2.27. The molecule has 2 aromatic rings. The third-order valence-corrected chi connectivity index (χ3v) is 4.89. The zero-order valence-corrected chi connectivity index (χ0v) is 16.6. The number of aromatic nitrogens is 1. The van der Waals surface area contributed by atoms with Gasteiger partial charge in [-0.25, -0.2) is 10.5 Å². The average Bonchev–Trinajstić information content (AvgIpc) is 2.81. The minimum absolute atomic E-state index is 0. The molecule has 1 saturated heterocycles. The van der Waals surface area contributed by atoms with Crippen molar-refractivity contribution in [2.24, 2.45) is 5.73 Å². The van der Waals surface area contributed by atoms with Gasteiger partial charge >= 0.3 is 0 Å². The maximum atomic E-state index is 12.2. The van der Waals surface area contributed by atoms with Crippen LogP contribution in [0.1, 0.15) is 48.2 Å². The highest BCUT2D eigenvalue weighted by Crippen LogP contribution is 2.17. The maximum Gasteiger partial charge on any atom is 0.267 e. The topological polar surface area (TPSA) is 121 Å². The van der Waals surface area contributed by atoms with E-state index in [9.17, 15) is 9.59 Å². The molecule has 8 nitrogen and oxygen atoms in total. The first-order valence-corrected chi connectivity index (χ1v) is 9.88. The van der Waals surface area contributed by atoms with Crippen LogP contribution in [-0.2, 0) is 4.79 Å². The van der Waals surface area contributed by atoms with Gasteiger partial charge in [0.15, 0.2) is 0 Å². The number of anilines is 1. The molecule has 3 rings (SSSR count). The molecule has 1 aromatic carbocycles. The zero-order chi connectivity index (χ0) is 21.3. The van der Waals surface area contributed by atoms with Gasteiger partial charge in [0, 0.05) is 42.5 Å². The first-order valence-electron chi connectivity index (χ1n) is 9.88. The highest BCUT2D eigenvalue weighted by molar-refractivity contribution is 5.97. The van der Waals surface area contributed by atoms with Gasteiger partial charge in [-0.15, -0.1) is 0 Å². The summed E-state index contributed by atoms with van der Waals surface area (Å²) in [5.41, 5.74) is 8.83. The number of nitrogens with zero attached hydrogens (tertiary/aromatic N) is 2. The second-order valence-corrected chi connectivity index (χ2v) is 7.02. The van der Waals surface area contributed by atoms with E-state index in [-0.39, 0.29) is 14.0 Å². The third kappa shape index (κ3) is 6.54. The smallest absolute Gasteiger partial charge is 0.267 e. The molecule has 0 saturated carbocycles. The molecule has 0 aliphatic carbocycles. The lowest BCUT2D eigenvalue weighted by atomic mass is 10.1. The SMILES string of the molecule is C.NC[C@H](NC(=O)c1ccc(C#Cc2ccc(N3CCCCC3)nc2)cc1)C(=O)NO. The molecule has 0 unspecified atom stereocenters. The summed E-state index contributed by atoms with van der Waals surface area (Å²) >= 11 is 0. The largest absolute Gasteiger partial charge is 0.357 e. The maximum absolute atomic E-state index is 12.2. The highest BCUT2D eigenvalue weighted by atomic mass is 16.5. The Morgan fingerprint density at radius 3 is 2.29 bits per heavy atom. The predicted octanol–water partition coefficient (Wildman–Crippen LogP) is 1.67. The summed E-state index contributed by atoms with van der Waals surface area (Å²) < 4.78 is 0. The van der Waals surface area contributed by atoms with Gasteiger partial charge in [0.1, 0.15) is 11.9 Å². The molecule has 0 bridgehead atoms. The average molecular weight is 424 g/mol. The summed E-state index contributed by atoms with van der Waals surface area (Å²) in [6, 6.07) is 9.62. The van der Waals surface area contributed by atoms with Gasteiger partial charge in [-0.3, -0.25) is 14.8 Å². The highest BCUT2D eigenvalue weighted by Gasteiger charge is 2.19. The Labute approximate surface area is 182 Å². The number of carbonyl (C=O) groups excluding carboxylic acids is 2. The van der Waals surface area contributed by atoms with Crippen LogP contribution in [0.2, 0.25) is 0 Å². The van der Waals surface area contributed by atoms with Crippen LogP contribution in [0.5, 0.6) is 0 Å². The summed E-state index contributed by atoms with van der Waals surface area (Å²) in [7, 11) is 0. The van der Waals surface area contributed by atoms with Crippen molar-refractivity contribution >= 4 is 17.6 Å². The van der Waals surface area contributed by atoms with Crippen molar-refractivity contribution in [3.05, 3.63) is 59.3 Å². The van der Waals surface area contributed by atoms with Crippen molar-refractivity contribution in [2.45, 2.75) is 32.7 Å². The van der Waals surface area contributed by atoms with Gasteiger partial charge < -0.3 is 16.0 Å². The van der Waals surface area contributed by atoms with Gasteiger partial charge in [0.25, 0.3) is 11.8 Å². The van der Waals surface area contributed by atoms with Crippen molar-refractivity contribution in [2.75, 3.05) is 24.5 Å².